The Kier molecular flexibility index (Phi) is 4.57. The van der Waals surface area contributed by atoms with Crippen LogP contribution in [-0.2, 0) is 14.3 Å². The number of morpholine rings is 1. The summed E-state index contributed by atoms with van der Waals surface area (Å²) in [6, 6.07) is 9.16. The van der Waals surface area contributed by atoms with E-state index in [9.17, 15) is 9.59 Å². The summed E-state index contributed by atoms with van der Waals surface area (Å²) in [6.45, 7) is 3.61. The number of nitrogens with one attached hydrogen (secondary N) is 1. The number of para-hydroxylation sites is 1. The first kappa shape index (κ1) is 15.5. The van der Waals surface area contributed by atoms with E-state index >= 15 is 0 Å². The Labute approximate surface area is 134 Å². The Bertz CT molecular complexity index is 617. The van der Waals surface area contributed by atoms with Crippen molar-refractivity contribution >= 4 is 23.3 Å². The molecule has 0 spiro atoms. The van der Waals surface area contributed by atoms with Crippen molar-refractivity contribution in [3.05, 3.63) is 30.3 Å². The standard InChI is InChI=1S/C16H20N4O3/c1-2-13-11-19(8-9-23-13)16(22)15-17-10-14(21)20(18-15)12-6-4-3-5-7-12/h3-7,13H,2,8-11H2,1H3,(H,17,18). The van der Waals surface area contributed by atoms with Crippen LogP contribution in [0, 0.1) is 0 Å². The van der Waals surface area contributed by atoms with Crippen LogP contribution in [0.25, 0.3) is 0 Å². The molecular weight excluding hydrogens is 296 g/mol. The van der Waals surface area contributed by atoms with Gasteiger partial charge in [0.1, 0.15) is 6.54 Å². The number of hydrazine groups is 1. The van der Waals surface area contributed by atoms with Crippen LogP contribution < -0.4 is 10.4 Å². The van der Waals surface area contributed by atoms with Gasteiger partial charge in [-0.05, 0) is 18.6 Å². The lowest BCUT2D eigenvalue weighted by Crippen LogP contribution is -2.58. The molecule has 7 nitrogen and oxygen atoms in total. The lowest BCUT2D eigenvalue weighted by atomic mass is 10.2. The van der Waals surface area contributed by atoms with Gasteiger partial charge in [-0.15, -0.1) is 0 Å². The lowest BCUT2D eigenvalue weighted by molar-refractivity contribution is -0.132. The maximum atomic E-state index is 12.6. The largest absolute Gasteiger partial charge is 0.375 e. The molecule has 1 saturated heterocycles. The third-order valence-electron chi connectivity index (χ3n) is 3.94. The fourth-order valence-electron chi connectivity index (χ4n) is 2.62. The molecule has 0 aliphatic carbocycles. The van der Waals surface area contributed by atoms with E-state index in [1.807, 2.05) is 25.1 Å². The van der Waals surface area contributed by atoms with Crippen LogP contribution >= 0.6 is 0 Å². The first-order chi connectivity index (χ1) is 11.2. The third-order valence-corrected chi connectivity index (χ3v) is 3.94. The summed E-state index contributed by atoms with van der Waals surface area (Å²) < 4.78 is 5.58. The normalized spacial score (nSPS) is 21.7. The maximum absolute atomic E-state index is 12.6. The van der Waals surface area contributed by atoms with Crippen LogP contribution in [0.5, 0.6) is 0 Å². The first-order valence-electron chi connectivity index (χ1n) is 7.79. The maximum Gasteiger partial charge on any atom is 0.290 e. The highest BCUT2D eigenvalue weighted by Gasteiger charge is 2.30. The van der Waals surface area contributed by atoms with Crippen molar-refractivity contribution in [3.8, 4) is 0 Å². The number of carbonyl (C=O) groups excluding carboxylic acids is 2. The Balaban J connectivity index is 1.73. The van der Waals surface area contributed by atoms with E-state index in [0.29, 0.717) is 25.4 Å². The summed E-state index contributed by atoms with van der Waals surface area (Å²) in [5.41, 5.74) is 3.54. The number of amides is 2. The summed E-state index contributed by atoms with van der Waals surface area (Å²) in [7, 11) is 0. The van der Waals surface area contributed by atoms with Gasteiger partial charge in [0.2, 0.25) is 5.84 Å². The van der Waals surface area contributed by atoms with Gasteiger partial charge < -0.3 is 9.64 Å². The van der Waals surface area contributed by atoms with Crippen LogP contribution in [0.2, 0.25) is 0 Å². The van der Waals surface area contributed by atoms with E-state index < -0.39 is 0 Å². The summed E-state index contributed by atoms with van der Waals surface area (Å²) in [5.74, 6) is -0.188. The van der Waals surface area contributed by atoms with Gasteiger partial charge in [0.05, 0.1) is 18.4 Å². The van der Waals surface area contributed by atoms with Gasteiger partial charge in [-0.3, -0.25) is 20.0 Å². The van der Waals surface area contributed by atoms with Crippen LogP contribution in [0.15, 0.2) is 35.3 Å². The molecule has 0 radical (unpaired) electrons. The highest BCUT2D eigenvalue weighted by molar-refractivity contribution is 6.39. The number of carbonyl (C=O) groups is 2. The fourth-order valence-corrected chi connectivity index (χ4v) is 2.62. The summed E-state index contributed by atoms with van der Waals surface area (Å²) in [4.78, 5) is 30.5. The Morgan fingerprint density at radius 1 is 1.39 bits per heavy atom. The fraction of sp³-hybridized carbons (Fsp3) is 0.438. The van der Waals surface area contributed by atoms with E-state index in [1.54, 1.807) is 17.0 Å². The van der Waals surface area contributed by atoms with Gasteiger partial charge in [-0.25, -0.2) is 5.01 Å². The lowest BCUT2D eigenvalue weighted by Gasteiger charge is -2.34. The minimum absolute atomic E-state index is 0.0372. The predicted molar refractivity (Wildman–Crippen MR) is 86.0 cm³/mol. The van der Waals surface area contributed by atoms with Gasteiger partial charge in [-0.1, -0.05) is 25.1 Å². The van der Waals surface area contributed by atoms with Crippen molar-refractivity contribution in [2.75, 3.05) is 31.3 Å². The summed E-state index contributed by atoms with van der Waals surface area (Å²) >= 11 is 0. The van der Waals surface area contributed by atoms with Crippen molar-refractivity contribution < 1.29 is 14.3 Å². The molecule has 0 saturated carbocycles. The van der Waals surface area contributed by atoms with Crippen LogP contribution in [0.3, 0.4) is 0 Å². The van der Waals surface area contributed by atoms with Crippen LogP contribution in [0.1, 0.15) is 13.3 Å². The smallest absolute Gasteiger partial charge is 0.290 e. The Morgan fingerprint density at radius 2 is 2.17 bits per heavy atom. The number of ether oxygens (including phenoxy) is 1. The molecule has 2 amide bonds. The molecule has 2 heterocycles. The Morgan fingerprint density at radius 3 is 2.91 bits per heavy atom. The topological polar surface area (TPSA) is 74.2 Å². The van der Waals surface area contributed by atoms with Gasteiger partial charge >= 0.3 is 0 Å². The quantitative estimate of drug-likeness (QED) is 0.885. The van der Waals surface area contributed by atoms with Crippen LogP contribution in [-0.4, -0.2) is 54.9 Å². The number of aliphatic imine (C=N–C) groups is 1. The molecule has 2 aliphatic heterocycles. The number of rotatable bonds is 3. The van der Waals surface area contributed by atoms with Crippen molar-refractivity contribution in [2.24, 2.45) is 4.99 Å². The molecular formula is C16H20N4O3. The number of amidine groups is 1. The van der Waals surface area contributed by atoms with Crippen LogP contribution in [0.4, 0.5) is 5.69 Å². The second kappa shape index (κ2) is 6.78. The second-order valence-corrected chi connectivity index (χ2v) is 5.49. The molecule has 1 atom stereocenters. The van der Waals surface area contributed by atoms with Gasteiger partial charge in [0.25, 0.3) is 11.8 Å². The molecule has 1 aromatic carbocycles. The monoisotopic (exact) mass is 316 g/mol. The third kappa shape index (κ3) is 3.34. The Hall–Kier alpha value is -2.41. The summed E-state index contributed by atoms with van der Waals surface area (Å²) in [5, 5.41) is 1.37. The molecule has 0 aromatic heterocycles. The number of anilines is 1. The van der Waals surface area contributed by atoms with Gasteiger partial charge in [-0.2, -0.15) is 0 Å². The molecule has 1 N–H and O–H groups in total. The predicted octanol–water partition coefficient (Wildman–Crippen LogP) is 0.574. The van der Waals surface area contributed by atoms with E-state index in [2.05, 4.69) is 10.4 Å². The zero-order valence-corrected chi connectivity index (χ0v) is 13.1. The minimum atomic E-state index is -0.194. The molecule has 1 fully saturated rings. The number of benzene rings is 1. The molecule has 3 rings (SSSR count). The number of hydrogen-bond acceptors (Lipinski definition) is 5. The molecule has 1 aromatic rings. The number of nitrogens with zero attached hydrogens (tertiary/aromatic N) is 3. The molecule has 0 bridgehead atoms. The second-order valence-electron chi connectivity index (χ2n) is 5.49. The SMILES string of the molecule is CCC1CN(C(=O)C2=NCC(=O)N(c3ccccc3)N2)CCO1. The van der Waals surface area contributed by atoms with E-state index in [4.69, 9.17) is 4.74 Å². The van der Waals surface area contributed by atoms with Gasteiger partial charge in [0, 0.05) is 13.1 Å². The first-order valence-corrected chi connectivity index (χ1v) is 7.79. The van der Waals surface area contributed by atoms with Crippen molar-refractivity contribution in [2.45, 2.75) is 19.4 Å². The van der Waals surface area contributed by atoms with Crippen molar-refractivity contribution in [3.63, 3.8) is 0 Å². The highest BCUT2D eigenvalue weighted by Crippen LogP contribution is 2.14. The summed E-state index contributed by atoms with van der Waals surface area (Å²) in [6.07, 6.45) is 0.918. The van der Waals surface area contributed by atoms with Crippen molar-refractivity contribution in [1.29, 1.82) is 0 Å². The molecule has 7 heteroatoms. The number of hydrogen-bond donors (Lipinski definition) is 1. The molecule has 122 valence electrons. The molecule has 1 unspecified atom stereocenters. The zero-order chi connectivity index (χ0) is 16.2. The van der Waals surface area contributed by atoms with E-state index in [0.717, 1.165) is 6.42 Å². The highest BCUT2D eigenvalue weighted by atomic mass is 16.5. The van der Waals surface area contributed by atoms with Gasteiger partial charge in [0.15, 0.2) is 0 Å². The molecule has 2 aliphatic rings. The van der Waals surface area contributed by atoms with E-state index in [1.165, 1.54) is 5.01 Å². The average Bonchev–Trinajstić information content (AvgIpc) is 2.62. The zero-order valence-electron chi connectivity index (χ0n) is 13.1. The van der Waals surface area contributed by atoms with E-state index in [-0.39, 0.29) is 30.3 Å². The minimum Gasteiger partial charge on any atom is -0.375 e. The molecule has 23 heavy (non-hydrogen) atoms. The van der Waals surface area contributed by atoms with Crippen molar-refractivity contribution in [1.82, 2.24) is 10.3 Å². The average molecular weight is 316 g/mol.